The standard InChI is InChI=1S/C9H17NO2S/c1-7(11)12-4-2-3-8-5-9(13)6-10-8/h8-10,13H,2-6H2,1H3. The zero-order valence-corrected chi connectivity index (χ0v) is 8.85. The van der Waals surface area contributed by atoms with Gasteiger partial charge in [-0.15, -0.1) is 0 Å². The van der Waals surface area contributed by atoms with Crippen molar-refractivity contribution in [3.63, 3.8) is 0 Å². The van der Waals surface area contributed by atoms with Gasteiger partial charge in [0, 0.05) is 24.8 Å². The predicted molar refractivity (Wildman–Crippen MR) is 55.0 cm³/mol. The molecule has 0 radical (unpaired) electrons. The lowest BCUT2D eigenvalue weighted by atomic mass is 10.1. The van der Waals surface area contributed by atoms with Crippen LogP contribution in [0.1, 0.15) is 26.2 Å². The number of ether oxygens (including phenoxy) is 1. The third-order valence-corrected chi connectivity index (χ3v) is 2.59. The zero-order valence-electron chi connectivity index (χ0n) is 7.95. The molecular weight excluding hydrogens is 186 g/mol. The van der Waals surface area contributed by atoms with Crippen molar-refractivity contribution in [2.75, 3.05) is 13.2 Å². The van der Waals surface area contributed by atoms with Gasteiger partial charge in [0.25, 0.3) is 0 Å². The Bertz CT molecular complexity index is 175. The molecular formula is C9H17NO2S. The van der Waals surface area contributed by atoms with Crippen molar-refractivity contribution in [3.8, 4) is 0 Å². The monoisotopic (exact) mass is 203 g/mol. The van der Waals surface area contributed by atoms with Crippen LogP contribution < -0.4 is 5.32 Å². The molecule has 0 spiro atoms. The summed E-state index contributed by atoms with van der Waals surface area (Å²) in [5.74, 6) is -0.188. The van der Waals surface area contributed by atoms with Crippen molar-refractivity contribution in [3.05, 3.63) is 0 Å². The lowest BCUT2D eigenvalue weighted by Crippen LogP contribution is -2.21. The molecule has 1 saturated heterocycles. The van der Waals surface area contributed by atoms with Crippen LogP contribution in [-0.2, 0) is 9.53 Å². The van der Waals surface area contributed by atoms with E-state index in [0.29, 0.717) is 17.9 Å². The molecule has 0 bridgehead atoms. The smallest absolute Gasteiger partial charge is 0.302 e. The summed E-state index contributed by atoms with van der Waals surface area (Å²) in [5.41, 5.74) is 0. The molecule has 0 amide bonds. The van der Waals surface area contributed by atoms with Gasteiger partial charge in [0.1, 0.15) is 0 Å². The molecule has 2 atom stereocenters. The fraction of sp³-hybridized carbons (Fsp3) is 0.889. The van der Waals surface area contributed by atoms with E-state index in [4.69, 9.17) is 4.74 Å². The largest absolute Gasteiger partial charge is 0.466 e. The van der Waals surface area contributed by atoms with Gasteiger partial charge in [0.15, 0.2) is 0 Å². The molecule has 4 heteroatoms. The first-order chi connectivity index (χ1) is 6.18. The highest BCUT2D eigenvalue weighted by molar-refractivity contribution is 7.81. The molecule has 13 heavy (non-hydrogen) atoms. The van der Waals surface area contributed by atoms with Crippen LogP contribution in [0.5, 0.6) is 0 Å². The van der Waals surface area contributed by atoms with E-state index in [2.05, 4.69) is 17.9 Å². The van der Waals surface area contributed by atoms with Crippen molar-refractivity contribution in [1.29, 1.82) is 0 Å². The summed E-state index contributed by atoms with van der Waals surface area (Å²) in [6.45, 7) is 2.99. The van der Waals surface area contributed by atoms with E-state index < -0.39 is 0 Å². The molecule has 0 saturated carbocycles. The summed E-state index contributed by atoms with van der Waals surface area (Å²) in [7, 11) is 0. The fourth-order valence-electron chi connectivity index (χ4n) is 1.56. The van der Waals surface area contributed by atoms with E-state index in [0.717, 1.165) is 25.8 Å². The van der Waals surface area contributed by atoms with Crippen LogP contribution in [0.15, 0.2) is 0 Å². The molecule has 0 aromatic carbocycles. The van der Waals surface area contributed by atoms with Crippen LogP contribution in [-0.4, -0.2) is 30.4 Å². The highest BCUT2D eigenvalue weighted by atomic mass is 32.1. The lowest BCUT2D eigenvalue weighted by Gasteiger charge is -2.09. The van der Waals surface area contributed by atoms with Crippen LogP contribution in [0.25, 0.3) is 0 Å². The van der Waals surface area contributed by atoms with Gasteiger partial charge in [-0.3, -0.25) is 4.79 Å². The minimum Gasteiger partial charge on any atom is -0.466 e. The Morgan fingerprint density at radius 2 is 2.46 bits per heavy atom. The van der Waals surface area contributed by atoms with Crippen molar-refractivity contribution < 1.29 is 9.53 Å². The maximum Gasteiger partial charge on any atom is 0.302 e. The van der Waals surface area contributed by atoms with Crippen LogP contribution in [0, 0.1) is 0 Å². The van der Waals surface area contributed by atoms with E-state index >= 15 is 0 Å². The van der Waals surface area contributed by atoms with Crippen LogP contribution in [0.4, 0.5) is 0 Å². The van der Waals surface area contributed by atoms with Crippen molar-refractivity contribution >= 4 is 18.6 Å². The van der Waals surface area contributed by atoms with Gasteiger partial charge in [-0.25, -0.2) is 0 Å². The number of carbonyl (C=O) groups excluding carboxylic acids is 1. The summed E-state index contributed by atoms with van der Waals surface area (Å²) in [6.07, 6.45) is 3.14. The van der Waals surface area contributed by atoms with Crippen molar-refractivity contribution in [2.45, 2.75) is 37.5 Å². The minimum atomic E-state index is -0.188. The third kappa shape index (κ3) is 4.52. The molecule has 1 aliphatic rings. The van der Waals surface area contributed by atoms with Gasteiger partial charge in [0.05, 0.1) is 6.61 Å². The number of thiol groups is 1. The Labute approximate surface area is 84.6 Å². The zero-order chi connectivity index (χ0) is 9.68. The van der Waals surface area contributed by atoms with E-state index in [1.807, 2.05) is 0 Å². The normalized spacial score (nSPS) is 27.5. The van der Waals surface area contributed by atoms with E-state index in [9.17, 15) is 4.79 Å². The van der Waals surface area contributed by atoms with Crippen LogP contribution >= 0.6 is 12.6 Å². The summed E-state index contributed by atoms with van der Waals surface area (Å²) < 4.78 is 4.84. The fourth-order valence-corrected chi connectivity index (χ4v) is 1.92. The number of carbonyl (C=O) groups is 1. The molecule has 1 heterocycles. The van der Waals surface area contributed by atoms with Gasteiger partial charge >= 0.3 is 5.97 Å². The first kappa shape index (κ1) is 10.9. The number of nitrogens with one attached hydrogen (secondary N) is 1. The second kappa shape index (κ2) is 5.50. The van der Waals surface area contributed by atoms with Crippen molar-refractivity contribution in [1.82, 2.24) is 5.32 Å². The van der Waals surface area contributed by atoms with Gasteiger partial charge in [-0.1, -0.05) is 0 Å². The molecule has 0 aliphatic carbocycles. The number of hydrogen-bond donors (Lipinski definition) is 2. The topological polar surface area (TPSA) is 38.3 Å². The average Bonchev–Trinajstić information content (AvgIpc) is 2.45. The molecule has 0 aromatic rings. The Morgan fingerprint density at radius 1 is 1.69 bits per heavy atom. The SMILES string of the molecule is CC(=O)OCCCC1CC(S)CN1. The molecule has 2 unspecified atom stereocenters. The lowest BCUT2D eigenvalue weighted by molar-refractivity contribution is -0.141. The van der Waals surface area contributed by atoms with Gasteiger partial charge < -0.3 is 10.1 Å². The molecule has 0 aromatic heterocycles. The van der Waals surface area contributed by atoms with Crippen molar-refractivity contribution in [2.24, 2.45) is 0 Å². The van der Waals surface area contributed by atoms with Gasteiger partial charge in [0.2, 0.25) is 0 Å². The minimum absolute atomic E-state index is 0.188. The van der Waals surface area contributed by atoms with E-state index in [-0.39, 0.29) is 5.97 Å². The molecule has 1 rings (SSSR count). The van der Waals surface area contributed by atoms with Crippen LogP contribution in [0.2, 0.25) is 0 Å². The summed E-state index contributed by atoms with van der Waals surface area (Å²) in [5, 5.41) is 3.88. The number of esters is 1. The second-order valence-electron chi connectivity index (χ2n) is 3.48. The number of hydrogen-bond acceptors (Lipinski definition) is 4. The predicted octanol–water partition coefficient (Wildman–Crippen LogP) is 0.990. The maximum absolute atomic E-state index is 10.4. The molecule has 3 nitrogen and oxygen atoms in total. The molecule has 76 valence electrons. The average molecular weight is 203 g/mol. The van der Waals surface area contributed by atoms with Gasteiger partial charge in [-0.2, -0.15) is 12.6 Å². The second-order valence-corrected chi connectivity index (χ2v) is 4.21. The number of rotatable bonds is 4. The quantitative estimate of drug-likeness (QED) is 0.406. The first-order valence-electron chi connectivity index (χ1n) is 4.73. The first-order valence-corrected chi connectivity index (χ1v) is 5.25. The summed E-state index contributed by atoms with van der Waals surface area (Å²) in [4.78, 5) is 10.4. The van der Waals surface area contributed by atoms with Gasteiger partial charge in [-0.05, 0) is 19.3 Å². The molecule has 1 aliphatic heterocycles. The summed E-state index contributed by atoms with van der Waals surface area (Å²) >= 11 is 4.38. The third-order valence-electron chi connectivity index (χ3n) is 2.20. The Kier molecular flexibility index (Phi) is 4.59. The maximum atomic E-state index is 10.4. The van der Waals surface area contributed by atoms with E-state index in [1.165, 1.54) is 6.92 Å². The van der Waals surface area contributed by atoms with E-state index in [1.54, 1.807) is 0 Å². The molecule has 1 N–H and O–H groups in total. The Morgan fingerprint density at radius 3 is 3.00 bits per heavy atom. The Balaban J connectivity index is 1.97. The molecule has 1 fully saturated rings. The summed E-state index contributed by atoms with van der Waals surface area (Å²) in [6, 6.07) is 0.568. The highest BCUT2D eigenvalue weighted by Crippen LogP contribution is 2.15. The van der Waals surface area contributed by atoms with Crippen LogP contribution in [0.3, 0.4) is 0 Å². The Hall–Kier alpha value is -0.220. The highest BCUT2D eigenvalue weighted by Gasteiger charge is 2.20.